The number of aryl methyl sites for hydroxylation is 3. The highest BCUT2D eigenvalue weighted by Gasteiger charge is 2.37. The molecule has 0 N–H and O–H groups in total. The Morgan fingerprint density at radius 2 is 0.967 bits per heavy atom. The topological polar surface area (TPSA) is 43.4 Å². The van der Waals surface area contributed by atoms with Gasteiger partial charge in [0.15, 0.2) is 0 Å². The first-order valence-corrected chi connectivity index (χ1v) is 13.4. The maximum Gasteiger partial charge on any atom is 0.277 e. The Balaban J connectivity index is 2.31. The average molecular weight is 443 g/mol. The van der Waals surface area contributed by atoms with Gasteiger partial charge in [0, 0.05) is 14.7 Å². The van der Waals surface area contributed by atoms with Crippen LogP contribution in [0.5, 0.6) is 0 Å². The summed E-state index contributed by atoms with van der Waals surface area (Å²) in [5, 5.41) is 0. The molecule has 0 spiro atoms. The number of hydrogen-bond donors (Lipinski definition) is 0. The third kappa shape index (κ3) is 4.97. The van der Waals surface area contributed by atoms with Crippen LogP contribution in [0.1, 0.15) is 36.5 Å². The van der Waals surface area contributed by atoms with Crippen LogP contribution >= 0.6 is 10.3 Å². The third-order valence-corrected chi connectivity index (χ3v) is 10.3. The van der Waals surface area contributed by atoms with Crippen molar-refractivity contribution in [2.75, 3.05) is 5.75 Å². The first-order valence-electron chi connectivity index (χ1n) is 10.2. The SMILES string of the molecule is CCCCS(=O)(=O)OS(c1ccc(C)cc1)(c1ccc(C)cc1)c1ccc(C)cc1. The van der Waals surface area contributed by atoms with Gasteiger partial charge in [-0.25, -0.2) is 3.63 Å². The molecule has 5 heteroatoms. The molecule has 0 heterocycles. The molecule has 160 valence electrons. The smallest absolute Gasteiger partial charge is 0.207 e. The highest BCUT2D eigenvalue weighted by Crippen LogP contribution is 2.70. The van der Waals surface area contributed by atoms with Gasteiger partial charge in [-0.2, -0.15) is 8.42 Å². The maximum atomic E-state index is 13.1. The number of benzene rings is 3. The van der Waals surface area contributed by atoms with Crippen molar-refractivity contribution in [1.82, 2.24) is 0 Å². The van der Waals surface area contributed by atoms with Crippen molar-refractivity contribution in [3.63, 3.8) is 0 Å². The van der Waals surface area contributed by atoms with Crippen LogP contribution < -0.4 is 0 Å². The van der Waals surface area contributed by atoms with Gasteiger partial charge in [0.25, 0.3) is 10.1 Å². The van der Waals surface area contributed by atoms with Gasteiger partial charge in [-0.3, -0.25) is 0 Å². The Morgan fingerprint density at radius 1 is 0.633 bits per heavy atom. The molecule has 0 fully saturated rings. The molecule has 0 unspecified atom stereocenters. The number of rotatable bonds is 8. The molecule has 0 aliphatic heterocycles. The maximum absolute atomic E-state index is 13.1. The summed E-state index contributed by atoms with van der Waals surface area (Å²) in [6, 6.07) is 24.1. The second kappa shape index (κ2) is 9.38. The van der Waals surface area contributed by atoms with Gasteiger partial charge < -0.3 is 0 Å². The molecule has 3 aromatic rings. The van der Waals surface area contributed by atoms with Crippen LogP contribution in [0, 0.1) is 20.8 Å². The van der Waals surface area contributed by atoms with Gasteiger partial charge in [-0.1, -0.05) is 66.4 Å². The summed E-state index contributed by atoms with van der Waals surface area (Å²) in [4.78, 5) is 2.63. The van der Waals surface area contributed by atoms with Crippen molar-refractivity contribution in [1.29, 1.82) is 0 Å². The van der Waals surface area contributed by atoms with Crippen LogP contribution in [0.4, 0.5) is 0 Å². The lowest BCUT2D eigenvalue weighted by Crippen LogP contribution is -2.17. The zero-order valence-corrected chi connectivity index (χ0v) is 19.7. The molecular formula is C25H30O3S2. The van der Waals surface area contributed by atoms with E-state index >= 15 is 0 Å². The minimum absolute atomic E-state index is 0.0157. The van der Waals surface area contributed by atoms with E-state index in [4.69, 9.17) is 3.63 Å². The van der Waals surface area contributed by atoms with Gasteiger partial charge >= 0.3 is 0 Å². The molecule has 0 aliphatic carbocycles. The highest BCUT2D eigenvalue weighted by atomic mass is 32.3. The molecule has 30 heavy (non-hydrogen) atoms. The van der Waals surface area contributed by atoms with Crippen molar-refractivity contribution in [2.45, 2.75) is 55.2 Å². The molecule has 3 nitrogen and oxygen atoms in total. The fourth-order valence-electron chi connectivity index (χ4n) is 3.23. The van der Waals surface area contributed by atoms with Crippen LogP contribution in [-0.4, -0.2) is 14.2 Å². The molecule has 0 bridgehead atoms. The second-order valence-corrected chi connectivity index (χ2v) is 12.3. The molecule has 0 aliphatic rings. The molecule has 0 saturated heterocycles. The summed E-state index contributed by atoms with van der Waals surface area (Å²) < 4.78 is 32.5. The van der Waals surface area contributed by atoms with E-state index in [1.165, 1.54) is 0 Å². The van der Waals surface area contributed by atoms with Crippen molar-refractivity contribution < 1.29 is 12.0 Å². The summed E-state index contributed by atoms with van der Waals surface area (Å²) >= 11 is 0. The minimum Gasteiger partial charge on any atom is -0.207 e. The number of unbranched alkanes of at least 4 members (excludes halogenated alkanes) is 1. The monoisotopic (exact) mass is 442 g/mol. The Kier molecular flexibility index (Phi) is 7.06. The molecule has 3 aromatic carbocycles. The van der Waals surface area contributed by atoms with E-state index in [0.29, 0.717) is 6.42 Å². The lowest BCUT2D eigenvalue weighted by atomic mass is 10.2. The molecule has 0 aromatic heterocycles. The van der Waals surface area contributed by atoms with Crippen molar-refractivity contribution >= 4 is 20.4 Å². The van der Waals surface area contributed by atoms with Crippen LogP contribution in [0.25, 0.3) is 0 Å². The fourth-order valence-corrected chi connectivity index (χ4v) is 8.70. The zero-order chi connectivity index (χ0) is 21.8. The van der Waals surface area contributed by atoms with Crippen LogP contribution in [0.2, 0.25) is 0 Å². The van der Waals surface area contributed by atoms with E-state index in [1.807, 2.05) is 100 Å². The van der Waals surface area contributed by atoms with Gasteiger partial charge in [0.05, 0.1) is 5.75 Å². The standard InChI is InChI=1S/C25H30O3S2/c1-5-6-19-29(26,27)28-30(23-13-7-20(2)8-14-23,24-15-9-21(3)10-16-24)25-17-11-22(4)12-18-25/h7-18H,5-6,19H2,1-4H3. The first kappa shape index (κ1) is 22.6. The lowest BCUT2D eigenvalue weighted by molar-refractivity contribution is 0.505. The highest BCUT2D eigenvalue weighted by molar-refractivity contribution is 8.33. The van der Waals surface area contributed by atoms with Gasteiger partial charge in [0.2, 0.25) is 0 Å². The summed E-state index contributed by atoms with van der Waals surface area (Å²) in [6.45, 7) is 8.06. The summed E-state index contributed by atoms with van der Waals surface area (Å²) in [5.74, 6) is 0.0157. The Labute approximate surface area is 182 Å². The predicted octanol–water partition coefficient (Wildman–Crippen LogP) is 6.96. The van der Waals surface area contributed by atoms with Gasteiger partial charge in [-0.15, -0.1) is 0 Å². The van der Waals surface area contributed by atoms with Gasteiger partial charge in [-0.05, 0) is 73.9 Å². The summed E-state index contributed by atoms with van der Waals surface area (Å²) in [7, 11) is -6.20. The molecule has 0 saturated carbocycles. The van der Waals surface area contributed by atoms with Crippen molar-refractivity contribution in [3.8, 4) is 0 Å². The Morgan fingerprint density at radius 3 is 1.27 bits per heavy atom. The van der Waals surface area contributed by atoms with E-state index in [-0.39, 0.29) is 5.75 Å². The zero-order valence-electron chi connectivity index (χ0n) is 18.1. The predicted molar refractivity (Wildman–Crippen MR) is 126 cm³/mol. The van der Waals surface area contributed by atoms with E-state index in [1.54, 1.807) is 0 Å². The number of hydrogen-bond acceptors (Lipinski definition) is 3. The molecule has 0 amide bonds. The fraction of sp³-hybridized carbons (Fsp3) is 0.280. The van der Waals surface area contributed by atoms with Crippen LogP contribution in [-0.2, 0) is 13.7 Å². The lowest BCUT2D eigenvalue weighted by Gasteiger charge is -2.39. The van der Waals surface area contributed by atoms with Crippen LogP contribution in [0.3, 0.4) is 0 Å². The molecular weight excluding hydrogens is 412 g/mol. The van der Waals surface area contributed by atoms with E-state index in [0.717, 1.165) is 37.8 Å². The van der Waals surface area contributed by atoms with Crippen molar-refractivity contribution in [2.24, 2.45) is 0 Å². The van der Waals surface area contributed by atoms with E-state index < -0.39 is 20.4 Å². The Bertz CT molecular complexity index is 958. The first-order chi connectivity index (χ1) is 14.3. The molecule has 0 atom stereocenters. The normalized spacial score (nSPS) is 12.7. The van der Waals surface area contributed by atoms with Crippen molar-refractivity contribution in [3.05, 3.63) is 89.5 Å². The van der Waals surface area contributed by atoms with Crippen LogP contribution in [0.15, 0.2) is 87.5 Å². The van der Waals surface area contributed by atoms with Gasteiger partial charge in [0.1, 0.15) is 0 Å². The second-order valence-electron chi connectivity index (χ2n) is 7.68. The van der Waals surface area contributed by atoms with E-state index in [9.17, 15) is 8.42 Å². The summed E-state index contributed by atoms with van der Waals surface area (Å²) in [6.07, 6.45) is 1.37. The Hall–Kier alpha value is -2.08. The largest absolute Gasteiger partial charge is 0.277 e. The molecule has 3 rings (SSSR count). The minimum atomic E-state index is -3.74. The average Bonchev–Trinajstić information content (AvgIpc) is 2.72. The molecule has 0 radical (unpaired) electrons. The quantitative estimate of drug-likeness (QED) is 0.379. The third-order valence-electron chi connectivity index (χ3n) is 5.01. The van der Waals surface area contributed by atoms with E-state index in [2.05, 4.69) is 0 Å². The summed E-state index contributed by atoms with van der Waals surface area (Å²) in [5.41, 5.74) is 3.36.